The summed E-state index contributed by atoms with van der Waals surface area (Å²) >= 11 is 0. The highest BCUT2D eigenvalue weighted by Gasteiger charge is 2.47. The second kappa shape index (κ2) is 7.13. The van der Waals surface area contributed by atoms with Crippen LogP contribution in [0.25, 0.3) is 0 Å². The van der Waals surface area contributed by atoms with Gasteiger partial charge in [0.05, 0.1) is 18.2 Å². The molecule has 0 spiro atoms. The van der Waals surface area contributed by atoms with Crippen LogP contribution in [0.4, 0.5) is 0 Å². The van der Waals surface area contributed by atoms with E-state index in [1.54, 1.807) is 42.0 Å². The molecule has 2 saturated heterocycles. The molecule has 2 aliphatic rings. The van der Waals surface area contributed by atoms with Crippen LogP contribution in [-0.2, 0) is 10.0 Å². The quantitative estimate of drug-likeness (QED) is 0.787. The van der Waals surface area contributed by atoms with Gasteiger partial charge in [0.1, 0.15) is 17.6 Å². The lowest BCUT2D eigenvalue weighted by molar-refractivity contribution is 0.0953. The van der Waals surface area contributed by atoms with Crippen molar-refractivity contribution in [1.82, 2.24) is 9.29 Å². The smallest absolute Gasteiger partial charge is 0.243 e. The van der Waals surface area contributed by atoms with Crippen molar-refractivity contribution in [3.05, 3.63) is 48.3 Å². The Labute approximate surface area is 160 Å². The molecule has 0 saturated carbocycles. The maximum atomic E-state index is 13.3. The van der Waals surface area contributed by atoms with Crippen molar-refractivity contribution in [2.24, 2.45) is 0 Å². The highest BCUT2D eigenvalue weighted by molar-refractivity contribution is 7.89. The van der Waals surface area contributed by atoms with E-state index in [2.05, 4.69) is 4.98 Å². The molecule has 2 fully saturated rings. The van der Waals surface area contributed by atoms with Crippen LogP contribution >= 0.6 is 0 Å². The van der Waals surface area contributed by atoms with Gasteiger partial charge in [-0.25, -0.2) is 8.42 Å². The first-order chi connectivity index (χ1) is 13.0. The monoisotopic (exact) mass is 388 g/mol. The second-order valence-corrected chi connectivity index (χ2v) is 9.09. The summed E-state index contributed by atoms with van der Waals surface area (Å²) in [6, 6.07) is 8.76. The molecule has 144 valence electrons. The Morgan fingerprint density at radius 2 is 1.89 bits per heavy atom. The van der Waals surface area contributed by atoms with E-state index in [0.29, 0.717) is 23.5 Å². The van der Waals surface area contributed by atoms with E-state index >= 15 is 0 Å². The fraction of sp³-hybridized carbons (Fsp3) is 0.450. The molecule has 0 radical (unpaired) electrons. The van der Waals surface area contributed by atoms with E-state index in [-0.39, 0.29) is 18.2 Å². The van der Waals surface area contributed by atoms with E-state index in [0.717, 1.165) is 24.2 Å². The van der Waals surface area contributed by atoms with Crippen molar-refractivity contribution < 1.29 is 17.9 Å². The fourth-order valence-electron chi connectivity index (χ4n) is 4.32. The summed E-state index contributed by atoms with van der Waals surface area (Å²) in [6.07, 6.45) is 6.61. The van der Waals surface area contributed by atoms with Gasteiger partial charge in [-0.1, -0.05) is 0 Å². The van der Waals surface area contributed by atoms with Crippen LogP contribution < -0.4 is 9.47 Å². The number of hydrogen-bond acceptors (Lipinski definition) is 5. The first kappa shape index (κ1) is 18.3. The molecule has 27 heavy (non-hydrogen) atoms. The number of pyridine rings is 1. The van der Waals surface area contributed by atoms with Gasteiger partial charge in [-0.2, -0.15) is 4.31 Å². The van der Waals surface area contributed by atoms with E-state index in [9.17, 15) is 8.42 Å². The summed E-state index contributed by atoms with van der Waals surface area (Å²) < 4.78 is 39.6. The van der Waals surface area contributed by atoms with Crippen molar-refractivity contribution in [2.75, 3.05) is 7.11 Å². The van der Waals surface area contributed by atoms with Crippen LogP contribution in [0.3, 0.4) is 0 Å². The zero-order chi connectivity index (χ0) is 19.0. The third kappa shape index (κ3) is 3.41. The van der Waals surface area contributed by atoms with Crippen molar-refractivity contribution in [3.63, 3.8) is 0 Å². The first-order valence-corrected chi connectivity index (χ1v) is 10.7. The molecule has 2 bridgehead atoms. The molecule has 0 aliphatic carbocycles. The third-order valence-corrected chi connectivity index (χ3v) is 7.50. The zero-order valence-corrected chi connectivity index (χ0v) is 16.4. The summed E-state index contributed by atoms with van der Waals surface area (Å²) in [6.45, 7) is 1.86. The minimum absolute atomic E-state index is 0.0159. The number of hydrogen-bond donors (Lipinski definition) is 0. The number of aromatic nitrogens is 1. The summed E-state index contributed by atoms with van der Waals surface area (Å²) in [5, 5.41) is 0. The predicted molar refractivity (Wildman–Crippen MR) is 101 cm³/mol. The summed E-state index contributed by atoms with van der Waals surface area (Å²) in [7, 11) is -1.94. The van der Waals surface area contributed by atoms with Crippen LogP contribution in [0.5, 0.6) is 11.5 Å². The third-order valence-electron chi connectivity index (χ3n) is 5.50. The van der Waals surface area contributed by atoms with E-state index in [1.807, 2.05) is 19.1 Å². The molecule has 0 amide bonds. The van der Waals surface area contributed by atoms with Gasteiger partial charge in [-0.05, 0) is 55.7 Å². The standard InChI is InChI=1S/C20H24N2O4S/c1-14-10-19(7-8-20(14)25-2)27(23,24)22-15-5-6-16(22)12-18(11-15)26-17-4-3-9-21-13-17/h3-4,7-10,13,15-16,18H,5-6,11-12H2,1-2H3. The Morgan fingerprint density at radius 1 is 1.15 bits per heavy atom. The van der Waals surface area contributed by atoms with Crippen molar-refractivity contribution in [1.29, 1.82) is 0 Å². The van der Waals surface area contributed by atoms with Crippen molar-refractivity contribution in [2.45, 2.75) is 55.7 Å². The molecular formula is C20H24N2O4S. The van der Waals surface area contributed by atoms with Crippen LogP contribution in [0, 0.1) is 6.92 Å². The number of benzene rings is 1. The lowest BCUT2D eigenvalue weighted by Gasteiger charge is -2.37. The molecule has 3 heterocycles. The molecule has 2 aromatic rings. The minimum atomic E-state index is -3.53. The molecule has 2 aliphatic heterocycles. The summed E-state index contributed by atoms with van der Waals surface area (Å²) in [4.78, 5) is 4.42. The number of piperidine rings is 1. The minimum Gasteiger partial charge on any atom is -0.496 e. The summed E-state index contributed by atoms with van der Waals surface area (Å²) in [5.41, 5.74) is 0.820. The van der Waals surface area contributed by atoms with Crippen LogP contribution in [0.15, 0.2) is 47.6 Å². The van der Waals surface area contributed by atoms with Gasteiger partial charge in [0.15, 0.2) is 0 Å². The Kier molecular flexibility index (Phi) is 4.82. The van der Waals surface area contributed by atoms with E-state index in [1.165, 1.54) is 0 Å². The second-order valence-electron chi connectivity index (χ2n) is 7.25. The molecular weight excluding hydrogens is 364 g/mol. The Hall–Kier alpha value is -2.12. The van der Waals surface area contributed by atoms with Gasteiger partial charge < -0.3 is 9.47 Å². The molecule has 1 aromatic carbocycles. The van der Waals surface area contributed by atoms with E-state index in [4.69, 9.17) is 9.47 Å². The van der Waals surface area contributed by atoms with E-state index < -0.39 is 10.0 Å². The van der Waals surface area contributed by atoms with Gasteiger partial charge in [-0.15, -0.1) is 0 Å². The number of nitrogens with zero attached hydrogens (tertiary/aromatic N) is 2. The number of rotatable bonds is 5. The Morgan fingerprint density at radius 3 is 2.48 bits per heavy atom. The zero-order valence-electron chi connectivity index (χ0n) is 15.5. The molecule has 2 unspecified atom stereocenters. The highest BCUT2D eigenvalue weighted by atomic mass is 32.2. The lowest BCUT2D eigenvalue weighted by atomic mass is 10.0. The fourth-order valence-corrected chi connectivity index (χ4v) is 6.29. The summed E-state index contributed by atoms with van der Waals surface area (Å²) in [5.74, 6) is 1.43. The van der Waals surface area contributed by atoms with Gasteiger partial charge in [0, 0.05) is 31.1 Å². The van der Waals surface area contributed by atoms with Crippen LogP contribution in [-0.4, -0.2) is 43.0 Å². The largest absolute Gasteiger partial charge is 0.496 e. The molecule has 2 atom stereocenters. The first-order valence-electron chi connectivity index (χ1n) is 9.24. The molecule has 1 aromatic heterocycles. The van der Waals surface area contributed by atoms with Gasteiger partial charge >= 0.3 is 0 Å². The predicted octanol–water partition coefficient (Wildman–Crippen LogP) is 3.16. The molecule has 4 rings (SSSR count). The number of aryl methyl sites for hydroxylation is 1. The van der Waals surface area contributed by atoms with Crippen molar-refractivity contribution >= 4 is 10.0 Å². The number of sulfonamides is 1. The molecule has 7 heteroatoms. The van der Waals surface area contributed by atoms with Gasteiger partial charge in [0.25, 0.3) is 0 Å². The number of methoxy groups -OCH3 is 1. The SMILES string of the molecule is COc1ccc(S(=O)(=O)N2C3CCC2CC(Oc2cccnc2)C3)cc1C. The van der Waals surface area contributed by atoms with Crippen LogP contribution in [0.1, 0.15) is 31.2 Å². The highest BCUT2D eigenvalue weighted by Crippen LogP contribution is 2.41. The Balaban J connectivity index is 1.54. The normalized spacial score (nSPS) is 25.3. The Bertz CT molecular complexity index is 903. The molecule has 0 N–H and O–H groups in total. The number of ether oxygens (including phenoxy) is 2. The number of fused-ring (bicyclic) bond motifs is 2. The molecule has 6 nitrogen and oxygen atoms in total. The topological polar surface area (TPSA) is 68.7 Å². The van der Waals surface area contributed by atoms with Crippen molar-refractivity contribution in [3.8, 4) is 11.5 Å². The lowest BCUT2D eigenvalue weighted by Crippen LogP contribution is -2.49. The van der Waals surface area contributed by atoms with Crippen LogP contribution in [0.2, 0.25) is 0 Å². The maximum Gasteiger partial charge on any atom is 0.243 e. The average molecular weight is 388 g/mol. The maximum absolute atomic E-state index is 13.3. The van der Waals surface area contributed by atoms with Gasteiger partial charge in [0.2, 0.25) is 10.0 Å². The van der Waals surface area contributed by atoms with Gasteiger partial charge in [-0.3, -0.25) is 4.98 Å². The average Bonchev–Trinajstić information content (AvgIpc) is 2.95.